The second-order valence-electron chi connectivity index (χ2n) is 2.20. The highest BCUT2D eigenvalue weighted by atomic mass is 35.5. The number of benzene rings is 1. The molecule has 2 rings (SSSR count). The van der Waals surface area contributed by atoms with Crippen molar-refractivity contribution >= 4 is 32.5 Å². The average Bonchev–Trinajstić information content (AvgIpc) is 2.50. The van der Waals surface area contributed by atoms with Gasteiger partial charge in [0.15, 0.2) is 5.69 Å². The van der Waals surface area contributed by atoms with Gasteiger partial charge in [-0.15, -0.1) is 0 Å². The van der Waals surface area contributed by atoms with Crippen LogP contribution in [0.4, 0.5) is 0 Å². The fraction of sp³-hybridized carbons (Fsp3) is 0.143. The van der Waals surface area contributed by atoms with Crippen molar-refractivity contribution in [1.82, 2.24) is 4.37 Å². The van der Waals surface area contributed by atoms with Gasteiger partial charge < -0.3 is 0 Å². The number of fused-ring (bicyclic) bond motifs is 1. The van der Waals surface area contributed by atoms with E-state index in [9.17, 15) is 0 Å². The van der Waals surface area contributed by atoms with Gasteiger partial charge in [-0.3, -0.25) is 4.42 Å². The maximum absolute atomic E-state index is 5.86. The molecule has 0 unspecified atom stereocenters. The minimum atomic E-state index is 0.691. The summed E-state index contributed by atoms with van der Waals surface area (Å²) in [6.07, 6.45) is 0. The summed E-state index contributed by atoms with van der Waals surface area (Å²) in [6.45, 7) is 0. The van der Waals surface area contributed by atoms with Crippen LogP contribution in [0.2, 0.25) is 5.02 Å². The normalized spacial score (nSPS) is 12.7. The zero-order valence-corrected chi connectivity index (χ0v) is 8.59. The van der Waals surface area contributed by atoms with Gasteiger partial charge in [0.05, 0.1) is 16.0 Å². The molecule has 0 saturated carbocycles. The Morgan fingerprint density at radius 2 is 2.33 bits per heavy atom. The fourth-order valence-electron chi connectivity index (χ4n) is 0.955. The van der Waals surface area contributed by atoms with E-state index < -0.39 is 0 Å². The van der Waals surface area contributed by atoms with Gasteiger partial charge in [-0.05, 0) is 6.07 Å². The predicted octanol–water partition coefficient (Wildman–Crippen LogP) is 2.49. The van der Waals surface area contributed by atoms with Crippen molar-refractivity contribution in [3.05, 3.63) is 27.0 Å². The molecular formula is C7H5ClNOS2+. The van der Waals surface area contributed by atoms with E-state index in [1.54, 1.807) is 23.5 Å². The van der Waals surface area contributed by atoms with E-state index in [4.69, 9.17) is 16.0 Å². The Hall–Kier alpha value is -0.450. The van der Waals surface area contributed by atoms with E-state index in [-0.39, 0.29) is 0 Å². The molecule has 0 aromatic rings. The van der Waals surface area contributed by atoms with Gasteiger partial charge in [0, 0.05) is 10.5 Å². The molecule has 0 radical (unpaired) electrons. The largest absolute Gasteiger partial charge is 0.372 e. The number of nitrogens with zero attached hydrogens (tertiary/aromatic N) is 1. The maximum Gasteiger partial charge on any atom is 0.372 e. The fourth-order valence-corrected chi connectivity index (χ4v) is 3.02. The van der Waals surface area contributed by atoms with Crippen LogP contribution in [0.3, 0.4) is 0 Å². The lowest BCUT2D eigenvalue weighted by Gasteiger charge is -1.89. The highest BCUT2D eigenvalue weighted by molar-refractivity contribution is 7.68. The van der Waals surface area contributed by atoms with Crippen LogP contribution in [-0.2, 0) is 0 Å². The van der Waals surface area contributed by atoms with Crippen LogP contribution < -0.4 is 5.43 Å². The summed E-state index contributed by atoms with van der Waals surface area (Å²) in [5, 5.41) is 0.691. The Bertz CT molecular complexity index is 434. The second kappa shape index (κ2) is 3.12. The minimum absolute atomic E-state index is 0.691. The van der Waals surface area contributed by atoms with Gasteiger partial charge in [-0.1, -0.05) is 21.9 Å². The highest BCUT2D eigenvalue weighted by Gasteiger charge is 2.15. The molecule has 0 atom stereocenters. The minimum Gasteiger partial charge on any atom is -0.255 e. The molecule has 0 spiro atoms. The number of hydrogen-bond donors (Lipinski definition) is 0. The van der Waals surface area contributed by atoms with Crippen molar-refractivity contribution in [2.45, 2.75) is 0 Å². The Labute approximate surface area is 81.6 Å². The Morgan fingerprint density at radius 3 is 3.08 bits per heavy atom. The van der Waals surface area contributed by atoms with Crippen LogP contribution in [0, 0.1) is 0 Å². The monoisotopic (exact) mass is 218 g/mol. The van der Waals surface area contributed by atoms with Crippen LogP contribution in [0.15, 0.2) is 16.6 Å². The smallest absolute Gasteiger partial charge is 0.255 e. The molecule has 0 N–H and O–H groups in total. The first-order valence-electron chi connectivity index (χ1n) is 3.23. The van der Waals surface area contributed by atoms with E-state index in [0.29, 0.717) is 5.02 Å². The molecule has 1 heterocycles. The summed E-state index contributed by atoms with van der Waals surface area (Å²) >= 11 is 5.86. The van der Waals surface area contributed by atoms with Gasteiger partial charge >= 0.3 is 5.43 Å². The van der Waals surface area contributed by atoms with E-state index >= 15 is 0 Å². The number of aromatic nitrogens is 1. The Morgan fingerprint density at radius 1 is 1.50 bits per heavy atom. The molecule has 5 heteroatoms. The van der Waals surface area contributed by atoms with E-state index in [2.05, 4.69) is 4.37 Å². The summed E-state index contributed by atoms with van der Waals surface area (Å²) in [7, 11) is 4.66. The molecule has 0 bridgehead atoms. The van der Waals surface area contributed by atoms with Crippen LogP contribution in [0.25, 0.3) is 10.6 Å². The molecule has 0 aromatic carbocycles. The first-order valence-corrected chi connectivity index (χ1v) is 5.72. The maximum atomic E-state index is 5.86. The van der Waals surface area contributed by atoms with Gasteiger partial charge in [0.2, 0.25) is 0 Å². The van der Waals surface area contributed by atoms with Crippen LogP contribution in [0.1, 0.15) is 0 Å². The molecule has 0 fully saturated rings. The lowest BCUT2D eigenvalue weighted by molar-refractivity contribution is 1.42. The molecule has 2 aliphatic rings. The van der Waals surface area contributed by atoms with Gasteiger partial charge in [0.25, 0.3) is 7.11 Å². The van der Waals surface area contributed by atoms with E-state index in [0.717, 1.165) is 16.0 Å². The quantitative estimate of drug-likeness (QED) is 0.493. The van der Waals surface area contributed by atoms with Crippen molar-refractivity contribution in [2.24, 2.45) is 0 Å². The number of hydrogen-bond acceptors (Lipinski definition) is 3. The Balaban J connectivity index is 2.88. The van der Waals surface area contributed by atoms with Crippen molar-refractivity contribution in [2.75, 3.05) is 7.11 Å². The van der Waals surface area contributed by atoms with Gasteiger partial charge in [-0.25, -0.2) is 0 Å². The average molecular weight is 219 g/mol. The zero-order chi connectivity index (χ0) is 8.55. The first-order chi connectivity index (χ1) is 5.81. The summed E-state index contributed by atoms with van der Waals surface area (Å²) in [4.78, 5) is 1.07. The zero-order valence-electron chi connectivity index (χ0n) is 6.20. The van der Waals surface area contributed by atoms with Crippen LogP contribution in [-0.4, -0.2) is 11.5 Å². The standard InChI is InChI=1S/C7H5ClNOS2/c1-10-5-2-4(8)3-6-7(5)9-12-11-6/h2-3H,1H3/q+1. The number of rotatable bonds is 0. The summed E-state index contributed by atoms with van der Waals surface area (Å²) < 4.78 is 9.34. The molecule has 0 saturated heterocycles. The van der Waals surface area contributed by atoms with Crippen molar-refractivity contribution < 1.29 is 0 Å². The van der Waals surface area contributed by atoms with Crippen molar-refractivity contribution in [3.63, 3.8) is 0 Å². The third-order valence-corrected chi connectivity index (χ3v) is 3.51. The SMILES string of the molecule is C[O+]=c1cc(Cl)cc2ssnc1-2. The molecule has 1 aliphatic heterocycles. The van der Waals surface area contributed by atoms with Crippen molar-refractivity contribution in [1.29, 1.82) is 0 Å². The molecule has 2 nitrogen and oxygen atoms in total. The molecular weight excluding hydrogens is 214 g/mol. The topological polar surface area (TPSA) is 24.2 Å². The summed E-state index contributed by atoms with van der Waals surface area (Å²) in [5.74, 6) is 0. The second-order valence-corrected chi connectivity index (χ2v) is 4.53. The van der Waals surface area contributed by atoms with Crippen molar-refractivity contribution in [3.8, 4) is 10.6 Å². The molecule has 1 aliphatic carbocycles. The van der Waals surface area contributed by atoms with Crippen LogP contribution >= 0.6 is 32.5 Å². The van der Waals surface area contributed by atoms with E-state index in [1.807, 2.05) is 6.07 Å². The lowest BCUT2D eigenvalue weighted by Crippen LogP contribution is -2.05. The first kappa shape index (κ1) is 8.16. The summed E-state index contributed by atoms with van der Waals surface area (Å²) in [5.41, 5.74) is 1.65. The van der Waals surface area contributed by atoms with Crippen LogP contribution in [0.5, 0.6) is 0 Å². The highest BCUT2D eigenvalue weighted by Crippen LogP contribution is 2.27. The van der Waals surface area contributed by atoms with Gasteiger partial charge in [0.1, 0.15) is 0 Å². The Kier molecular flexibility index (Phi) is 2.12. The molecule has 0 aromatic heterocycles. The van der Waals surface area contributed by atoms with E-state index in [1.165, 1.54) is 10.5 Å². The predicted molar refractivity (Wildman–Crippen MR) is 53.8 cm³/mol. The summed E-state index contributed by atoms with van der Waals surface area (Å²) in [6, 6.07) is 3.67. The number of halogens is 1. The third-order valence-electron chi connectivity index (χ3n) is 1.48. The van der Waals surface area contributed by atoms with Gasteiger partial charge in [-0.2, -0.15) is 4.37 Å². The molecule has 62 valence electrons. The molecule has 12 heavy (non-hydrogen) atoms. The third kappa shape index (κ3) is 1.26. The molecule has 0 amide bonds. The lowest BCUT2D eigenvalue weighted by atomic mass is 10.2.